The van der Waals surface area contributed by atoms with E-state index >= 15 is 0 Å². The fourth-order valence-corrected chi connectivity index (χ4v) is 10.4. The van der Waals surface area contributed by atoms with Gasteiger partial charge < -0.3 is 18.9 Å². The minimum atomic E-state index is -0.646. The number of fused-ring (bicyclic) bond motifs is 7. The Labute approximate surface area is 222 Å². The molecule has 37 heavy (non-hydrogen) atoms. The molecule has 0 aromatic rings. The molecule has 206 valence electrons. The largest absolute Gasteiger partial charge is 0.462 e. The number of esters is 2. The minimum Gasteiger partial charge on any atom is -0.462 e. The van der Waals surface area contributed by atoms with E-state index in [1.165, 1.54) is 12.5 Å². The van der Waals surface area contributed by atoms with Gasteiger partial charge in [0.2, 0.25) is 0 Å². The van der Waals surface area contributed by atoms with Crippen LogP contribution in [0.25, 0.3) is 0 Å². The van der Waals surface area contributed by atoms with E-state index in [2.05, 4.69) is 33.8 Å². The topological polar surface area (TPSA) is 71.1 Å². The van der Waals surface area contributed by atoms with Crippen molar-refractivity contribution in [1.82, 2.24) is 0 Å². The maximum Gasteiger partial charge on any atom is 0.303 e. The lowest BCUT2D eigenvalue weighted by atomic mass is 9.46. The van der Waals surface area contributed by atoms with Gasteiger partial charge in [0.1, 0.15) is 12.2 Å². The quantitative estimate of drug-likeness (QED) is 0.334. The van der Waals surface area contributed by atoms with Gasteiger partial charge in [-0.3, -0.25) is 9.59 Å². The van der Waals surface area contributed by atoms with E-state index in [4.69, 9.17) is 18.9 Å². The molecule has 2 heterocycles. The summed E-state index contributed by atoms with van der Waals surface area (Å²) in [5.41, 5.74) is 0.864. The fourth-order valence-electron chi connectivity index (χ4n) is 10.4. The average Bonchev–Trinajstić information content (AvgIpc) is 3.20. The van der Waals surface area contributed by atoms with Crippen LogP contribution in [-0.4, -0.2) is 42.1 Å². The highest BCUT2D eigenvalue weighted by Crippen LogP contribution is 2.73. The van der Waals surface area contributed by atoms with Gasteiger partial charge in [-0.2, -0.15) is 0 Å². The summed E-state index contributed by atoms with van der Waals surface area (Å²) in [5.74, 6) is 1.11. The van der Waals surface area contributed by atoms with Crippen molar-refractivity contribution in [3.8, 4) is 0 Å². The molecule has 0 radical (unpaired) electrons. The number of ether oxygens (including phenoxy) is 4. The van der Waals surface area contributed by atoms with Crippen molar-refractivity contribution in [2.24, 2.45) is 40.4 Å². The predicted octanol–water partition coefficient (Wildman–Crippen LogP) is 5.97. The molecular weight excluding hydrogens is 468 g/mol. The second-order valence-electron chi connectivity index (χ2n) is 13.9. The minimum absolute atomic E-state index is 0.00241. The van der Waals surface area contributed by atoms with Crippen LogP contribution in [0.2, 0.25) is 0 Å². The smallest absolute Gasteiger partial charge is 0.303 e. The van der Waals surface area contributed by atoms with Crippen LogP contribution in [0.4, 0.5) is 0 Å². The van der Waals surface area contributed by atoms with E-state index in [9.17, 15) is 9.59 Å². The highest BCUT2D eigenvalue weighted by molar-refractivity contribution is 5.67. The Balaban J connectivity index is 1.32. The standard InChI is InChI=1S/C31H46O6/c1-18-9-14-30(34-17-18)19(2)31(36-21(4)33)27(37-30)16-26-24-8-7-22-15-23(35-20(3)32)10-12-28(22,5)25(24)11-13-29(26,31)6/h7,18-19,23-27H,8-17H2,1-6H3/t18?,19-,23+,24-,25+,26+,27+,28+,29+,30-,31-/m1/s1. The zero-order chi connectivity index (χ0) is 26.4. The highest BCUT2D eigenvalue weighted by Gasteiger charge is 2.78. The van der Waals surface area contributed by atoms with Crippen LogP contribution in [0.1, 0.15) is 99.3 Å². The highest BCUT2D eigenvalue weighted by atomic mass is 16.7. The van der Waals surface area contributed by atoms with E-state index in [0.717, 1.165) is 57.8 Å². The summed E-state index contributed by atoms with van der Waals surface area (Å²) >= 11 is 0. The summed E-state index contributed by atoms with van der Waals surface area (Å²) in [6.07, 6.45) is 11.4. The van der Waals surface area contributed by atoms with Gasteiger partial charge in [0.05, 0.1) is 12.5 Å². The molecule has 2 saturated heterocycles. The SMILES string of the molecule is CC(=O)O[C@H]1CC[C@@]2(C)C(=CC[C@@H]3[C@@H]2CC[C@@]2(C)[C@H]3C[C@@H]3O[C@]4(CCC(C)CO4)[C@@H](C)[C@@]32OC(C)=O)C1. The van der Waals surface area contributed by atoms with Crippen molar-refractivity contribution in [2.45, 2.75) is 123 Å². The van der Waals surface area contributed by atoms with Gasteiger partial charge in [0.25, 0.3) is 0 Å². The zero-order valence-electron chi connectivity index (χ0n) is 23.6. The van der Waals surface area contributed by atoms with Crippen LogP contribution in [-0.2, 0) is 28.5 Å². The zero-order valence-corrected chi connectivity index (χ0v) is 23.6. The first-order valence-electron chi connectivity index (χ1n) is 14.8. The first kappa shape index (κ1) is 25.9. The molecule has 1 spiro atoms. The van der Waals surface area contributed by atoms with Crippen molar-refractivity contribution < 1.29 is 28.5 Å². The van der Waals surface area contributed by atoms with Crippen LogP contribution < -0.4 is 0 Å². The van der Waals surface area contributed by atoms with Crippen molar-refractivity contribution >= 4 is 11.9 Å². The second-order valence-corrected chi connectivity index (χ2v) is 13.9. The number of carbonyl (C=O) groups excluding carboxylic acids is 2. The van der Waals surface area contributed by atoms with Crippen molar-refractivity contribution in [3.05, 3.63) is 11.6 Å². The molecule has 11 atom stereocenters. The molecule has 2 aliphatic heterocycles. The molecule has 0 aromatic carbocycles. The van der Waals surface area contributed by atoms with E-state index in [-0.39, 0.29) is 40.9 Å². The third-order valence-electron chi connectivity index (χ3n) is 12.2. The number of hydrogen-bond acceptors (Lipinski definition) is 6. The predicted molar refractivity (Wildman–Crippen MR) is 138 cm³/mol. The molecule has 6 rings (SSSR count). The van der Waals surface area contributed by atoms with Gasteiger partial charge >= 0.3 is 11.9 Å². The summed E-state index contributed by atoms with van der Waals surface area (Å²) in [6, 6.07) is 0. The van der Waals surface area contributed by atoms with Gasteiger partial charge in [-0.25, -0.2) is 0 Å². The maximum atomic E-state index is 12.7. The molecule has 0 aromatic heterocycles. The third kappa shape index (κ3) is 3.49. The van der Waals surface area contributed by atoms with Crippen LogP contribution >= 0.6 is 0 Å². The van der Waals surface area contributed by atoms with Crippen molar-refractivity contribution in [1.29, 1.82) is 0 Å². The van der Waals surface area contributed by atoms with Gasteiger partial charge in [-0.05, 0) is 74.0 Å². The molecule has 0 N–H and O–H groups in total. The maximum absolute atomic E-state index is 12.7. The molecular formula is C31H46O6. The molecule has 4 aliphatic carbocycles. The number of carbonyl (C=O) groups is 2. The number of allylic oxidation sites excluding steroid dienone is 1. The average molecular weight is 515 g/mol. The summed E-state index contributed by atoms with van der Waals surface area (Å²) in [7, 11) is 0. The molecule has 5 fully saturated rings. The molecule has 6 aliphatic rings. The first-order chi connectivity index (χ1) is 17.4. The molecule has 6 heteroatoms. The normalized spacial score (nSPS) is 52.4. The van der Waals surface area contributed by atoms with Crippen molar-refractivity contribution in [2.75, 3.05) is 6.61 Å². The number of hydrogen-bond donors (Lipinski definition) is 0. The summed E-state index contributed by atoms with van der Waals surface area (Å²) in [4.78, 5) is 24.3. The van der Waals surface area contributed by atoms with Gasteiger partial charge in [0, 0.05) is 32.1 Å². The van der Waals surface area contributed by atoms with E-state index in [1.807, 2.05) is 0 Å². The van der Waals surface area contributed by atoms with Gasteiger partial charge in [-0.15, -0.1) is 0 Å². The summed E-state index contributed by atoms with van der Waals surface area (Å²) in [6.45, 7) is 13.1. The van der Waals surface area contributed by atoms with Crippen LogP contribution in [0.5, 0.6) is 0 Å². The van der Waals surface area contributed by atoms with E-state index in [1.54, 1.807) is 6.92 Å². The Bertz CT molecular complexity index is 996. The first-order valence-corrected chi connectivity index (χ1v) is 14.8. The fraction of sp³-hybridized carbons (Fsp3) is 0.871. The summed E-state index contributed by atoms with van der Waals surface area (Å²) in [5, 5.41) is 0. The lowest BCUT2D eigenvalue weighted by Crippen LogP contribution is -2.61. The van der Waals surface area contributed by atoms with Crippen LogP contribution in [0.15, 0.2) is 11.6 Å². The Kier molecular flexibility index (Phi) is 5.97. The van der Waals surface area contributed by atoms with Gasteiger partial charge in [0.15, 0.2) is 11.4 Å². The van der Waals surface area contributed by atoms with Gasteiger partial charge in [-0.1, -0.05) is 39.3 Å². The van der Waals surface area contributed by atoms with Crippen LogP contribution in [0, 0.1) is 40.4 Å². The Morgan fingerprint density at radius 3 is 2.46 bits per heavy atom. The molecule has 0 amide bonds. The Morgan fingerprint density at radius 2 is 1.78 bits per heavy atom. The molecule has 3 saturated carbocycles. The summed E-state index contributed by atoms with van der Waals surface area (Å²) < 4.78 is 25.6. The second kappa shape index (κ2) is 8.55. The van der Waals surface area contributed by atoms with Crippen LogP contribution in [0.3, 0.4) is 0 Å². The molecule has 0 bridgehead atoms. The van der Waals surface area contributed by atoms with E-state index in [0.29, 0.717) is 30.3 Å². The Morgan fingerprint density at radius 1 is 1.00 bits per heavy atom. The monoisotopic (exact) mass is 514 g/mol. The van der Waals surface area contributed by atoms with E-state index < -0.39 is 11.4 Å². The lowest BCUT2D eigenvalue weighted by Gasteiger charge is -2.60. The molecule has 6 nitrogen and oxygen atoms in total. The Hall–Kier alpha value is -1.40. The lowest BCUT2D eigenvalue weighted by molar-refractivity contribution is -0.274. The molecule has 1 unspecified atom stereocenters. The van der Waals surface area contributed by atoms with Crippen molar-refractivity contribution in [3.63, 3.8) is 0 Å². The third-order valence-corrected chi connectivity index (χ3v) is 12.2. The number of rotatable bonds is 2.